The molecule has 13 heavy (non-hydrogen) atoms. The van der Waals surface area contributed by atoms with Crippen molar-refractivity contribution in [1.29, 1.82) is 0 Å². The van der Waals surface area contributed by atoms with Gasteiger partial charge in [0.05, 0.1) is 5.25 Å². The number of nitrogens with one attached hydrogen (secondary N) is 1. The highest BCUT2D eigenvalue weighted by Gasteiger charge is 2.27. The highest BCUT2D eigenvalue weighted by molar-refractivity contribution is 7.90. The Morgan fingerprint density at radius 3 is 2.38 bits per heavy atom. The molecule has 1 aliphatic carbocycles. The van der Waals surface area contributed by atoms with Crippen molar-refractivity contribution in [1.82, 2.24) is 4.72 Å². The predicted octanol–water partition coefficient (Wildman–Crippen LogP) is 0.194. The van der Waals surface area contributed by atoms with E-state index in [1.54, 1.807) is 13.8 Å². The third kappa shape index (κ3) is 2.93. The lowest BCUT2D eigenvalue weighted by Gasteiger charge is -2.14. The Balaban J connectivity index is 2.50. The summed E-state index contributed by atoms with van der Waals surface area (Å²) in [5.74, 6) is 0. The average molecular weight is 206 g/mol. The maximum Gasteiger partial charge on any atom is 0.214 e. The molecule has 1 saturated carbocycles. The largest absolute Gasteiger partial charge is 0.328 e. The highest BCUT2D eigenvalue weighted by Crippen LogP contribution is 2.18. The molecular formula is C8H18N2O2S. The van der Waals surface area contributed by atoms with Crippen LogP contribution in [0.5, 0.6) is 0 Å². The molecule has 1 fully saturated rings. The minimum absolute atomic E-state index is 0.0578. The lowest BCUT2D eigenvalue weighted by molar-refractivity contribution is 0.541. The van der Waals surface area contributed by atoms with E-state index in [9.17, 15) is 8.42 Å². The zero-order chi connectivity index (χ0) is 10.1. The summed E-state index contributed by atoms with van der Waals surface area (Å²) >= 11 is 0. The van der Waals surface area contributed by atoms with Gasteiger partial charge in [0.15, 0.2) is 0 Å². The van der Waals surface area contributed by atoms with Crippen LogP contribution in [0.3, 0.4) is 0 Å². The van der Waals surface area contributed by atoms with Crippen molar-refractivity contribution >= 4 is 10.0 Å². The summed E-state index contributed by atoms with van der Waals surface area (Å²) in [6.07, 6.45) is 2.56. The van der Waals surface area contributed by atoms with Crippen LogP contribution in [0.15, 0.2) is 0 Å². The summed E-state index contributed by atoms with van der Waals surface area (Å²) < 4.78 is 25.6. The summed E-state index contributed by atoms with van der Waals surface area (Å²) in [5, 5.41) is -0.357. The Morgan fingerprint density at radius 1 is 1.38 bits per heavy atom. The van der Waals surface area contributed by atoms with Crippen molar-refractivity contribution in [3.05, 3.63) is 0 Å². The minimum Gasteiger partial charge on any atom is -0.328 e. The molecule has 1 rings (SSSR count). The molecule has 78 valence electrons. The fourth-order valence-electron chi connectivity index (χ4n) is 1.49. The number of nitrogens with two attached hydrogens (primary N) is 1. The van der Waals surface area contributed by atoms with E-state index in [-0.39, 0.29) is 17.3 Å². The number of rotatable bonds is 3. The van der Waals surface area contributed by atoms with Crippen LogP contribution in [0.25, 0.3) is 0 Å². The second kappa shape index (κ2) is 3.94. The van der Waals surface area contributed by atoms with Gasteiger partial charge in [0.1, 0.15) is 0 Å². The number of hydrogen-bond acceptors (Lipinski definition) is 3. The van der Waals surface area contributed by atoms with E-state index >= 15 is 0 Å². The molecule has 0 aromatic heterocycles. The first-order valence-electron chi connectivity index (χ1n) is 4.68. The normalized spacial score (nSPS) is 29.8. The van der Waals surface area contributed by atoms with E-state index in [0.29, 0.717) is 0 Å². The molecule has 3 N–H and O–H groups in total. The molecule has 2 atom stereocenters. The van der Waals surface area contributed by atoms with Gasteiger partial charge in [-0.25, -0.2) is 13.1 Å². The Labute approximate surface area is 79.9 Å². The quantitative estimate of drug-likeness (QED) is 0.692. The predicted molar refractivity (Wildman–Crippen MR) is 52.8 cm³/mol. The molecule has 0 aliphatic heterocycles. The summed E-state index contributed by atoms with van der Waals surface area (Å²) in [5.41, 5.74) is 5.69. The Kier molecular flexibility index (Phi) is 3.32. The van der Waals surface area contributed by atoms with Crippen molar-refractivity contribution in [3.63, 3.8) is 0 Å². The van der Waals surface area contributed by atoms with Crippen LogP contribution >= 0.6 is 0 Å². The summed E-state index contributed by atoms with van der Waals surface area (Å²) in [7, 11) is -3.11. The van der Waals surface area contributed by atoms with Crippen LogP contribution in [-0.2, 0) is 10.0 Å². The smallest absolute Gasteiger partial charge is 0.214 e. The molecule has 0 aromatic carbocycles. The first-order chi connectivity index (χ1) is 5.92. The first kappa shape index (κ1) is 10.9. The fraction of sp³-hybridized carbons (Fsp3) is 1.00. The van der Waals surface area contributed by atoms with E-state index in [1.807, 2.05) is 0 Å². The van der Waals surface area contributed by atoms with E-state index in [0.717, 1.165) is 19.3 Å². The molecule has 0 radical (unpaired) electrons. The molecule has 5 heteroatoms. The zero-order valence-electron chi connectivity index (χ0n) is 8.16. The topological polar surface area (TPSA) is 72.2 Å². The van der Waals surface area contributed by atoms with Gasteiger partial charge >= 0.3 is 0 Å². The van der Waals surface area contributed by atoms with Gasteiger partial charge in [0.25, 0.3) is 0 Å². The van der Waals surface area contributed by atoms with Crippen molar-refractivity contribution in [2.75, 3.05) is 0 Å². The van der Waals surface area contributed by atoms with Crippen LogP contribution in [0, 0.1) is 0 Å². The van der Waals surface area contributed by atoms with Gasteiger partial charge in [-0.2, -0.15) is 0 Å². The zero-order valence-corrected chi connectivity index (χ0v) is 8.97. The maximum atomic E-state index is 11.4. The van der Waals surface area contributed by atoms with Gasteiger partial charge in [0.2, 0.25) is 10.0 Å². The fourth-order valence-corrected chi connectivity index (χ4v) is 2.44. The highest BCUT2D eigenvalue weighted by atomic mass is 32.2. The Hall–Kier alpha value is -0.130. The third-order valence-electron chi connectivity index (χ3n) is 2.42. The molecule has 0 saturated heterocycles. The molecule has 0 bridgehead atoms. The molecule has 4 nitrogen and oxygen atoms in total. The molecule has 0 unspecified atom stereocenters. The van der Waals surface area contributed by atoms with Gasteiger partial charge in [-0.3, -0.25) is 0 Å². The maximum absolute atomic E-state index is 11.4. The van der Waals surface area contributed by atoms with E-state index in [2.05, 4.69) is 4.72 Å². The summed E-state index contributed by atoms with van der Waals surface area (Å²) in [6, 6.07) is 0.224. The number of hydrogen-bond donors (Lipinski definition) is 2. The van der Waals surface area contributed by atoms with Crippen LogP contribution in [0.2, 0.25) is 0 Å². The molecule has 0 amide bonds. The van der Waals surface area contributed by atoms with Crippen molar-refractivity contribution < 1.29 is 8.42 Å². The molecular weight excluding hydrogens is 188 g/mol. The van der Waals surface area contributed by atoms with Gasteiger partial charge in [-0.1, -0.05) is 0 Å². The van der Waals surface area contributed by atoms with E-state index in [4.69, 9.17) is 5.73 Å². The minimum atomic E-state index is -3.11. The monoisotopic (exact) mass is 206 g/mol. The van der Waals surface area contributed by atoms with Crippen LogP contribution in [0.1, 0.15) is 33.1 Å². The van der Waals surface area contributed by atoms with Gasteiger partial charge < -0.3 is 5.73 Å². The van der Waals surface area contributed by atoms with Crippen molar-refractivity contribution in [2.45, 2.75) is 50.4 Å². The third-order valence-corrected chi connectivity index (χ3v) is 4.33. The van der Waals surface area contributed by atoms with Crippen molar-refractivity contribution in [2.24, 2.45) is 5.73 Å². The van der Waals surface area contributed by atoms with Gasteiger partial charge in [-0.15, -0.1) is 0 Å². The lowest BCUT2D eigenvalue weighted by atomic mass is 10.2. The van der Waals surface area contributed by atoms with Crippen LogP contribution in [0.4, 0.5) is 0 Å². The second-order valence-electron chi connectivity index (χ2n) is 3.98. The van der Waals surface area contributed by atoms with Crippen molar-refractivity contribution in [3.8, 4) is 0 Å². The Bertz CT molecular complexity index is 261. The van der Waals surface area contributed by atoms with Gasteiger partial charge in [-0.05, 0) is 33.1 Å². The summed E-state index contributed by atoms with van der Waals surface area (Å²) in [4.78, 5) is 0. The van der Waals surface area contributed by atoms with Gasteiger partial charge in [0, 0.05) is 12.1 Å². The van der Waals surface area contributed by atoms with E-state index < -0.39 is 10.0 Å². The second-order valence-corrected chi connectivity index (χ2v) is 6.25. The molecule has 0 spiro atoms. The SMILES string of the molecule is CC(C)S(=O)(=O)N[C@@H]1CC[C@H](N)C1. The standard InChI is InChI=1S/C8H18N2O2S/c1-6(2)13(11,12)10-8-4-3-7(9)5-8/h6-8,10H,3-5,9H2,1-2H3/t7-,8+/m0/s1. The first-order valence-corrected chi connectivity index (χ1v) is 6.23. The van der Waals surface area contributed by atoms with E-state index in [1.165, 1.54) is 0 Å². The summed E-state index contributed by atoms with van der Waals surface area (Å²) in [6.45, 7) is 3.36. The lowest BCUT2D eigenvalue weighted by Crippen LogP contribution is -2.38. The average Bonchev–Trinajstić information content (AvgIpc) is 2.34. The molecule has 0 heterocycles. The van der Waals surface area contributed by atoms with Crippen LogP contribution < -0.4 is 10.5 Å². The van der Waals surface area contributed by atoms with Crippen LogP contribution in [-0.4, -0.2) is 25.8 Å². The molecule has 1 aliphatic rings. The molecule has 0 aromatic rings. The number of sulfonamides is 1. The Morgan fingerprint density at radius 2 is 2.00 bits per heavy atom.